The fourth-order valence-corrected chi connectivity index (χ4v) is 2.88. The van der Waals surface area contributed by atoms with Crippen molar-refractivity contribution in [3.63, 3.8) is 0 Å². The van der Waals surface area contributed by atoms with E-state index in [1.54, 1.807) is 23.9 Å². The van der Waals surface area contributed by atoms with Crippen molar-refractivity contribution in [1.82, 2.24) is 5.32 Å². The molecule has 2 rings (SSSR count). The van der Waals surface area contributed by atoms with Gasteiger partial charge in [0.05, 0.1) is 4.92 Å². The number of thioether (sulfide) groups is 1. The third kappa shape index (κ3) is 5.13. The monoisotopic (exact) mass is 370 g/mol. The first-order valence-electron chi connectivity index (χ1n) is 6.58. The molecular formula is C15H12Cl2N2O3S. The van der Waals surface area contributed by atoms with Crippen molar-refractivity contribution in [2.75, 3.05) is 12.3 Å². The smallest absolute Gasteiger partial charge is 0.282 e. The van der Waals surface area contributed by atoms with Crippen molar-refractivity contribution in [2.24, 2.45) is 0 Å². The largest absolute Gasteiger partial charge is 0.351 e. The van der Waals surface area contributed by atoms with Crippen LogP contribution in [0.2, 0.25) is 10.0 Å². The predicted molar refractivity (Wildman–Crippen MR) is 92.6 cm³/mol. The molecule has 23 heavy (non-hydrogen) atoms. The second-order valence-corrected chi connectivity index (χ2v) is 6.52. The molecule has 1 amide bonds. The lowest BCUT2D eigenvalue weighted by molar-refractivity contribution is -0.385. The van der Waals surface area contributed by atoms with Gasteiger partial charge in [0.25, 0.3) is 11.6 Å². The Balaban J connectivity index is 1.91. The zero-order chi connectivity index (χ0) is 16.8. The van der Waals surface area contributed by atoms with Gasteiger partial charge in [0.2, 0.25) is 0 Å². The van der Waals surface area contributed by atoms with Gasteiger partial charge in [0.1, 0.15) is 5.56 Å². The van der Waals surface area contributed by atoms with E-state index in [9.17, 15) is 14.9 Å². The third-order valence-electron chi connectivity index (χ3n) is 2.87. The molecule has 120 valence electrons. The molecule has 1 N–H and O–H groups in total. The molecule has 0 atom stereocenters. The first-order valence-corrected chi connectivity index (χ1v) is 8.32. The number of rotatable bonds is 6. The van der Waals surface area contributed by atoms with Gasteiger partial charge in [0, 0.05) is 33.3 Å². The molecule has 0 aliphatic rings. The second-order valence-electron chi connectivity index (χ2n) is 4.48. The number of nitrogens with zero attached hydrogens (tertiary/aromatic N) is 1. The van der Waals surface area contributed by atoms with Crippen LogP contribution in [0.5, 0.6) is 0 Å². The van der Waals surface area contributed by atoms with Gasteiger partial charge in [-0.1, -0.05) is 23.2 Å². The van der Waals surface area contributed by atoms with Crippen LogP contribution in [-0.2, 0) is 0 Å². The number of hydrogen-bond acceptors (Lipinski definition) is 4. The van der Waals surface area contributed by atoms with Gasteiger partial charge >= 0.3 is 0 Å². The Morgan fingerprint density at radius 3 is 2.43 bits per heavy atom. The predicted octanol–water partition coefficient (Wildman–Crippen LogP) is 4.42. The number of hydrogen-bond donors (Lipinski definition) is 1. The molecule has 0 aliphatic carbocycles. The summed E-state index contributed by atoms with van der Waals surface area (Å²) < 4.78 is 0. The third-order valence-corrected chi connectivity index (χ3v) is 4.37. The van der Waals surface area contributed by atoms with Crippen molar-refractivity contribution >= 4 is 46.6 Å². The summed E-state index contributed by atoms with van der Waals surface area (Å²) in [4.78, 5) is 23.4. The second kappa shape index (κ2) is 8.19. The van der Waals surface area contributed by atoms with Crippen molar-refractivity contribution in [3.05, 3.63) is 68.2 Å². The minimum atomic E-state index is -0.603. The van der Waals surface area contributed by atoms with E-state index in [-0.39, 0.29) is 16.3 Å². The van der Waals surface area contributed by atoms with Gasteiger partial charge in [-0.15, -0.1) is 11.8 Å². The Morgan fingerprint density at radius 2 is 1.78 bits per heavy atom. The first kappa shape index (κ1) is 17.6. The molecule has 0 radical (unpaired) electrons. The molecular weight excluding hydrogens is 359 g/mol. The zero-order valence-electron chi connectivity index (χ0n) is 11.8. The van der Waals surface area contributed by atoms with Crippen LogP contribution >= 0.6 is 35.0 Å². The van der Waals surface area contributed by atoms with Gasteiger partial charge in [-0.2, -0.15) is 0 Å². The van der Waals surface area contributed by atoms with Gasteiger partial charge in [-0.05, 0) is 36.4 Å². The van der Waals surface area contributed by atoms with Crippen LogP contribution in [0.1, 0.15) is 10.4 Å². The molecule has 5 nitrogen and oxygen atoms in total. The Morgan fingerprint density at radius 1 is 1.13 bits per heavy atom. The quantitative estimate of drug-likeness (QED) is 0.353. The Hall–Kier alpha value is -1.76. The molecule has 8 heteroatoms. The van der Waals surface area contributed by atoms with E-state index in [0.717, 1.165) is 4.90 Å². The van der Waals surface area contributed by atoms with E-state index >= 15 is 0 Å². The van der Waals surface area contributed by atoms with Crippen molar-refractivity contribution in [3.8, 4) is 0 Å². The van der Waals surface area contributed by atoms with Crippen molar-refractivity contribution < 1.29 is 9.72 Å². The van der Waals surface area contributed by atoms with Crippen LogP contribution in [0.4, 0.5) is 5.69 Å². The lowest BCUT2D eigenvalue weighted by Gasteiger charge is -2.06. The summed E-state index contributed by atoms with van der Waals surface area (Å²) >= 11 is 13.2. The van der Waals surface area contributed by atoms with Crippen LogP contribution < -0.4 is 5.32 Å². The van der Waals surface area contributed by atoms with Crippen molar-refractivity contribution in [1.29, 1.82) is 0 Å². The van der Waals surface area contributed by atoms with E-state index < -0.39 is 10.8 Å². The number of benzene rings is 2. The molecule has 0 spiro atoms. The molecule has 0 saturated heterocycles. The molecule has 2 aromatic rings. The normalized spacial score (nSPS) is 10.3. The summed E-state index contributed by atoms with van der Waals surface area (Å²) in [5.74, 6) is 0.109. The fraction of sp³-hybridized carbons (Fsp3) is 0.133. The first-order chi connectivity index (χ1) is 11.0. The van der Waals surface area contributed by atoms with Crippen LogP contribution in [0, 0.1) is 10.1 Å². The highest BCUT2D eigenvalue weighted by Gasteiger charge is 2.20. The standard InChI is InChI=1S/C15H12Cl2N2O3S/c16-10-1-4-12(5-2-10)23-8-7-18-15(20)13-9-11(17)3-6-14(13)19(21)22/h1-6,9H,7-8H2,(H,18,20). The van der Waals surface area contributed by atoms with Gasteiger partial charge < -0.3 is 5.32 Å². The van der Waals surface area contributed by atoms with E-state index in [1.807, 2.05) is 12.1 Å². The van der Waals surface area contributed by atoms with E-state index in [0.29, 0.717) is 17.3 Å². The van der Waals surface area contributed by atoms with Gasteiger partial charge in [-0.25, -0.2) is 0 Å². The Kier molecular flexibility index (Phi) is 6.27. The number of nitrogens with one attached hydrogen (secondary N) is 1. The molecule has 0 bridgehead atoms. The van der Waals surface area contributed by atoms with E-state index in [1.165, 1.54) is 18.2 Å². The molecule has 0 saturated carbocycles. The number of nitro benzene ring substituents is 1. The molecule has 0 unspecified atom stereocenters. The van der Waals surface area contributed by atoms with Crippen LogP contribution in [0.15, 0.2) is 47.4 Å². The maximum Gasteiger partial charge on any atom is 0.282 e. The summed E-state index contributed by atoms with van der Waals surface area (Å²) in [7, 11) is 0. The highest BCUT2D eigenvalue weighted by Crippen LogP contribution is 2.23. The number of carbonyl (C=O) groups excluding carboxylic acids is 1. The Bertz CT molecular complexity index is 723. The average molecular weight is 371 g/mol. The summed E-state index contributed by atoms with van der Waals surface area (Å²) in [5.41, 5.74) is -0.309. The summed E-state index contributed by atoms with van der Waals surface area (Å²) in [6.45, 7) is 0.371. The maximum atomic E-state index is 12.1. The molecule has 0 fully saturated rings. The maximum absolute atomic E-state index is 12.1. The Labute approximate surface area is 147 Å². The number of amides is 1. The van der Waals surface area contributed by atoms with Crippen LogP contribution in [0.3, 0.4) is 0 Å². The highest BCUT2D eigenvalue weighted by atomic mass is 35.5. The van der Waals surface area contributed by atoms with E-state index in [2.05, 4.69) is 5.32 Å². The topological polar surface area (TPSA) is 72.2 Å². The van der Waals surface area contributed by atoms with Gasteiger partial charge in [-0.3, -0.25) is 14.9 Å². The molecule has 0 aromatic heterocycles. The van der Waals surface area contributed by atoms with Crippen LogP contribution in [0.25, 0.3) is 0 Å². The lowest BCUT2D eigenvalue weighted by Crippen LogP contribution is -2.26. The zero-order valence-corrected chi connectivity index (χ0v) is 14.1. The fourth-order valence-electron chi connectivity index (χ4n) is 1.81. The number of halogens is 2. The highest BCUT2D eigenvalue weighted by molar-refractivity contribution is 7.99. The van der Waals surface area contributed by atoms with Crippen molar-refractivity contribution in [2.45, 2.75) is 4.90 Å². The van der Waals surface area contributed by atoms with Crippen LogP contribution in [-0.4, -0.2) is 23.1 Å². The number of nitro groups is 1. The minimum Gasteiger partial charge on any atom is -0.351 e. The average Bonchev–Trinajstić information content (AvgIpc) is 2.52. The lowest BCUT2D eigenvalue weighted by atomic mass is 10.1. The summed E-state index contributed by atoms with van der Waals surface area (Å²) in [6, 6.07) is 11.2. The van der Waals surface area contributed by atoms with Gasteiger partial charge in [0.15, 0.2) is 0 Å². The summed E-state index contributed by atoms with van der Waals surface area (Å²) in [5, 5.41) is 14.5. The SMILES string of the molecule is O=C(NCCSc1ccc(Cl)cc1)c1cc(Cl)ccc1[N+](=O)[O-]. The molecule has 0 heterocycles. The minimum absolute atomic E-state index is 0.0426. The summed E-state index contributed by atoms with van der Waals surface area (Å²) in [6.07, 6.45) is 0. The van der Waals surface area contributed by atoms with E-state index in [4.69, 9.17) is 23.2 Å². The molecule has 0 aliphatic heterocycles. The molecule has 2 aromatic carbocycles. The number of carbonyl (C=O) groups is 1.